The minimum Gasteiger partial charge on any atom is -0.479 e. The second-order valence-corrected chi connectivity index (χ2v) is 3.30. The second-order valence-electron chi connectivity index (χ2n) is 3.30. The number of hydrogen-bond donors (Lipinski definition) is 2. The van der Waals surface area contributed by atoms with E-state index in [4.69, 9.17) is 9.52 Å². The molecule has 0 saturated carbocycles. The van der Waals surface area contributed by atoms with Gasteiger partial charge in [-0.05, 0) is 12.1 Å². The van der Waals surface area contributed by atoms with E-state index in [1.54, 1.807) is 0 Å². The lowest BCUT2D eigenvalue weighted by Crippen LogP contribution is -2.10. The fourth-order valence-electron chi connectivity index (χ4n) is 1.32. The Balaban J connectivity index is 2.36. The number of aliphatic hydroxyl groups excluding tert-OH is 1. The molecule has 18 heavy (non-hydrogen) atoms. The molecule has 1 heterocycles. The summed E-state index contributed by atoms with van der Waals surface area (Å²) in [4.78, 5) is 14.2. The van der Waals surface area contributed by atoms with Gasteiger partial charge >= 0.3 is 12.6 Å². The zero-order chi connectivity index (χ0) is 13.3. The van der Waals surface area contributed by atoms with Crippen LogP contribution in [0.25, 0.3) is 11.1 Å². The summed E-state index contributed by atoms with van der Waals surface area (Å²) in [5, 5.41) is 17.8. The van der Waals surface area contributed by atoms with Gasteiger partial charge < -0.3 is 19.4 Å². The number of hydrogen-bond acceptors (Lipinski definition) is 5. The van der Waals surface area contributed by atoms with Crippen molar-refractivity contribution in [2.45, 2.75) is 12.7 Å². The Kier molecular flexibility index (Phi) is 3.11. The van der Waals surface area contributed by atoms with Gasteiger partial charge in [0.05, 0.1) is 0 Å². The van der Waals surface area contributed by atoms with Gasteiger partial charge in [-0.15, -0.1) is 0 Å². The third-order valence-electron chi connectivity index (χ3n) is 2.07. The predicted molar refractivity (Wildman–Crippen MR) is 53.2 cm³/mol. The lowest BCUT2D eigenvalue weighted by Gasteiger charge is -2.02. The maximum Gasteiger partial charge on any atom is 0.387 e. The zero-order valence-corrected chi connectivity index (χ0v) is 8.71. The van der Waals surface area contributed by atoms with E-state index >= 15 is 0 Å². The van der Waals surface area contributed by atoms with E-state index in [1.807, 2.05) is 0 Å². The molecule has 0 amide bonds. The average Bonchev–Trinajstić information content (AvgIpc) is 2.69. The Hall–Kier alpha value is -2.22. The molecule has 6 nitrogen and oxygen atoms in total. The number of aliphatic carboxylic acids is 1. The van der Waals surface area contributed by atoms with Gasteiger partial charge in [0.2, 0.25) is 12.0 Å². The molecule has 8 heteroatoms. The molecule has 0 radical (unpaired) electrons. The van der Waals surface area contributed by atoms with Gasteiger partial charge in [-0.3, -0.25) is 0 Å². The van der Waals surface area contributed by atoms with E-state index in [0.717, 1.165) is 6.07 Å². The van der Waals surface area contributed by atoms with Crippen molar-refractivity contribution in [3.63, 3.8) is 0 Å². The summed E-state index contributed by atoms with van der Waals surface area (Å²) in [5.74, 6) is -2.10. The van der Waals surface area contributed by atoms with Gasteiger partial charge in [0.25, 0.3) is 0 Å². The van der Waals surface area contributed by atoms with Crippen LogP contribution in [-0.2, 0) is 4.79 Å². The van der Waals surface area contributed by atoms with E-state index in [2.05, 4.69) is 9.72 Å². The van der Waals surface area contributed by atoms with Crippen LogP contribution in [0.3, 0.4) is 0 Å². The Labute approximate surface area is 98.4 Å². The summed E-state index contributed by atoms with van der Waals surface area (Å²) < 4.78 is 33.0. The highest BCUT2D eigenvalue weighted by Crippen LogP contribution is 2.25. The lowest BCUT2D eigenvalue weighted by atomic mass is 10.3. The number of aromatic nitrogens is 1. The molecule has 0 aliphatic carbocycles. The van der Waals surface area contributed by atoms with Crippen molar-refractivity contribution in [3.05, 3.63) is 24.1 Å². The number of carboxylic acid groups (broad SMARTS) is 1. The monoisotopic (exact) mass is 259 g/mol. The number of carboxylic acids is 1. The second kappa shape index (κ2) is 4.57. The highest BCUT2D eigenvalue weighted by atomic mass is 19.3. The van der Waals surface area contributed by atoms with Gasteiger partial charge in [0.1, 0.15) is 11.3 Å². The molecular formula is C10H7F2NO5. The topological polar surface area (TPSA) is 92.8 Å². The molecule has 0 bridgehead atoms. The van der Waals surface area contributed by atoms with Crippen molar-refractivity contribution < 1.29 is 32.9 Å². The molecule has 1 atom stereocenters. The van der Waals surface area contributed by atoms with Crippen LogP contribution in [0.2, 0.25) is 0 Å². The molecule has 1 aromatic heterocycles. The van der Waals surface area contributed by atoms with E-state index in [9.17, 15) is 18.7 Å². The SMILES string of the molecule is O=C(O)C(O)c1nc2ccc(OC(F)F)cc2o1. The Morgan fingerprint density at radius 3 is 2.78 bits per heavy atom. The quantitative estimate of drug-likeness (QED) is 0.865. The minimum absolute atomic E-state index is 0.0449. The molecule has 1 aromatic carbocycles. The molecule has 1 unspecified atom stereocenters. The molecule has 0 spiro atoms. The number of carbonyl (C=O) groups is 1. The van der Waals surface area contributed by atoms with Crippen molar-refractivity contribution in [2.24, 2.45) is 0 Å². The first-order valence-corrected chi connectivity index (χ1v) is 4.73. The summed E-state index contributed by atoms with van der Waals surface area (Å²) in [6.07, 6.45) is -1.91. The van der Waals surface area contributed by atoms with E-state index < -0.39 is 24.6 Å². The Morgan fingerprint density at radius 1 is 1.44 bits per heavy atom. The fourth-order valence-corrected chi connectivity index (χ4v) is 1.32. The number of rotatable bonds is 4. The van der Waals surface area contributed by atoms with E-state index in [0.29, 0.717) is 0 Å². The summed E-state index contributed by atoms with van der Waals surface area (Å²) in [6, 6.07) is 3.68. The average molecular weight is 259 g/mol. The molecule has 0 aliphatic rings. The van der Waals surface area contributed by atoms with Crippen LogP contribution in [0.15, 0.2) is 22.6 Å². The molecule has 0 fully saturated rings. The number of alkyl halides is 2. The van der Waals surface area contributed by atoms with Crippen LogP contribution in [0.4, 0.5) is 8.78 Å². The molecule has 0 saturated heterocycles. The maximum absolute atomic E-state index is 12.0. The van der Waals surface area contributed by atoms with Crippen LogP contribution in [0, 0.1) is 0 Å². The highest BCUT2D eigenvalue weighted by molar-refractivity contribution is 5.77. The molecule has 2 rings (SSSR count). The molecule has 2 aromatic rings. The van der Waals surface area contributed by atoms with Gasteiger partial charge in [-0.25, -0.2) is 9.78 Å². The largest absolute Gasteiger partial charge is 0.479 e. The lowest BCUT2D eigenvalue weighted by molar-refractivity contribution is -0.148. The summed E-state index contributed by atoms with van der Waals surface area (Å²) in [6.45, 7) is -2.98. The van der Waals surface area contributed by atoms with Crippen molar-refractivity contribution in [3.8, 4) is 5.75 Å². The number of aliphatic hydroxyl groups is 1. The fraction of sp³-hybridized carbons (Fsp3) is 0.200. The standard InChI is InChI=1S/C10H7F2NO5/c11-10(12)17-4-1-2-5-6(3-4)18-8(13-5)7(14)9(15)16/h1-3,7,10,14H,(H,15,16). The van der Waals surface area contributed by atoms with Crippen molar-refractivity contribution in [1.29, 1.82) is 0 Å². The molecular weight excluding hydrogens is 252 g/mol. The first-order valence-electron chi connectivity index (χ1n) is 4.73. The third-order valence-corrected chi connectivity index (χ3v) is 2.07. The van der Waals surface area contributed by atoms with Gasteiger partial charge in [0, 0.05) is 6.07 Å². The number of fused-ring (bicyclic) bond motifs is 1. The molecule has 0 aliphatic heterocycles. The summed E-state index contributed by atoms with van der Waals surface area (Å²) in [7, 11) is 0. The third kappa shape index (κ3) is 2.38. The summed E-state index contributed by atoms with van der Waals surface area (Å²) in [5.41, 5.74) is 0.273. The van der Waals surface area contributed by atoms with Gasteiger partial charge in [-0.1, -0.05) is 0 Å². The number of nitrogens with zero attached hydrogens (tertiary/aromatic N) is 1. The predicted octanol–water partition coefficient (Wildman–Crippen LogP) is 1.55. The number of benzene rings is 1. The first-order chi connectivity index (χ1) is 8.47. The Bertz CT molecular complexity index is 583. The first kappa shape index (κ1) is 12.2. The van der Waals surface area contributed by atoms with E-state index in [1.165, 1.54) is 12.1 Å². The summed E-state index contributed by atoms with van der Waals surface area (Å²) >= 11 is 0. The van der Waals surface area contributed by atoms with E-state index in [-0.39, 0.29) is 16.8 Å². The van der Waals surface area contributed by atoms with Crippen LogP contribution in [0.1, 0.15) is 12.0 Å². The number of oxazole rings is 1. The zero-order valence-electron chi connectivity index (χ0n) is 8.71. The van der Waals surface area contributed by atoms with Crippen molar-refractivity contribution in [1.82, 2.24) is 4.98 Å². The smallest absolute Gasteiger partial charge is 0.387 e. The highest BCUT2D eigenvalue weighted by Gasteiger charge is 2.22. The molecule has 96 valence electrons. The van der Waals surface area contributed by atoms with Crippen LogP contribution in [-0.4, -0.2) is 27.8 Å². The van der Waals surface area contributed by atoms with Crippen molar-refractivity contribution in [2.75, 3.05) is 0 Å². The van der Waals surface area contributed by atoms with Gasteiger partial charge in [0.15, 0.2) is 5.58 Å². The van der Waals surface area contributed by atoms with Crippen molar-refractivity contribution >= 4 is 17.1 Å². The number of ether oxygens (including phenoxy) is 1. The van der Waals surface area contributed by atoms with Crippen LogP contribution < -0.4 is 4.74 Å². The maximum atomic E-state index is 12.0. The van der Waals surface area contributed by atoms with Gasteiger partial charge in [-0.2, -0.15) is 8.78 Å². The van der Waals surface area contributed by atoms with Crippen LogP contribution in [0.5, 0.6) is 5.75 Å². The molecule has 2 N–H and O–H groups in total. The number of halogens is 2. The minimum atomic E-state index is -2.98. The Morgan fingerprint density at radius 2 is 2.17 bits per heavy atom. The van der Waals surface area contributed by atoms with Crippen LogP contribution >= 0.6 is 0 Å². The normalized spacial score (nSPS) is 12.9.